The lowest BCUT2D eigenvalue weighted by atomic mass is 10.0. The zero-order valence-electron chi connectivity index (χ0n) is 20.0. The molecule has 0 saturated heterocycles. The van der Waals surface area contributed by atoms with Crippen LogP contribution in [-0.2, 0) is 4.74 Å². The highest BCUT2D eigenvalue weighted by atomic mass is 16.5. The third-order valence-electron chi connectivity index (χ3n) is 6.25. The summed E-state index contributed by atoms with van der Waals surface area (Å²) in [5.74, 6) is 0.0691. The zero-order valence-corrected chi connectivity index (χ0v) is 20.0. The van der Waals surface area contributed by atoms with Gasteiger partial charge >= 0.3 is 5.97 Å². The Labute approximate surface area is 208 Å². The molecule has 2 heterocycles. The number of nitrogens with zero attached hydrogens (tertiary/aromatic N) is 3. The maximum atomic E-state index is 13.3. The smallest absolute Gasteiger partial charge is 0.359 e. The highest BCUT2D eigenvalue weighted by Gasteiger charge is 2.31. The molecule has 0 amide bonds. The van der Waals surface area contributed by atoms with Crippen LogP contribution in [0.3, 0.4) is 0 Å². The van der Waals surface area contributed by atoms with Gasteiger partial charge in [0, 0.05) is 16.6 Å². The quantitative estimate of drug-likeness (QED) is 0.290. The number of anilines is 1. The first-order valence-corrected chi connectivity index (χ1v) is 11.9. The summed E-state index contributed by atoms with van der Waals surface area (Å²) in [4.78, 5) is 18.3. The third-order valence-corrected chi connectivity index (χ3v) is 6.25. The molecule has 0 fully saturated rings. The van der Waals surface area contributed by atoms with Crippen molar-refractivity contribution in [2.24, 2.45) is 4.99 Å². The summed E-state index contributed by atoms with van der Waals surface area (Å²) in [6, 6.07) is 30.2. The molecular formula is C30H24N4O2. The van der Waals surface area contributed by atoms with Crippen LogP contribution in [0.25, 0.3) is 27.7 Å². The molecule has 4 aromatic carbocycles. The molecule has 0 radical (unpaired) electrons. The van der Waals surface area contributed by atoms with E-state index in [0.717, 1.165) is 44.7 Å². The topological polar surface area (TPSA) is 68.5 Å². The van der Waals surface area contributed by atoms with Crippen LogP contribution in [-0.4, -0.2) is 28.2 Å². The molecule has 36 heavy (non-hydrogen) atoms. The molecule has 0 bridgehead atoms. The second kappa shape index (κ2) is 8.82. The average Bonchev–Trinajstić information content (AvgIpc) is 3.31. The van der Waals surface area contributed by atoms with Crippen molar-refractivity contribution in [3.63, 3.8) is 0 Å². The second-order valence-corrected chi connectivity index (χ2v) is 8.68. The maximum Gasteiger partial charge on any atom is 0.359 e. The van der Waals surface area contributed by atoms with Crippen LogP contribution >= 0.6 is 0 Å². The van der Waals surface area contributed by atoms with Gasteiger partial charge in [0.05, 0.1) is 29.2 Å². The fourth-order valence-corrected chi connectivity index (χ4v) is 4.71. The van der Waals surface area contributed by atoms with Crippen molar-refractivity contribution in [1.29, 1.82) is 0 Å². The molecule has 1 N–H and O–H groups in total. The van der Waals surface area contributed by atoms with Crippen LogP contribution in [0.1, 0.15) is 28.5 Å². The molecule has 1 aliphatic rings. The predicted molar refractivity (Wildman–Crippen MR) is 143 cm³/mol. The van der Waals surface area contributed by atoms with Crippen molar-refractivity contribution in [2.75, 3.05) is 11.9 Å². The number of carbonyl (C=O) groups is 1. The lowest BCUT2D eigenvalue weighted by molar-refractivity contribution is 0.0518. The molecule has 0 saturated carbocycles. The van der Waals surface area contributed by atoms with Gasteiger partial charge in [-0.05, 0) is 49.1 Å². The summed E-state index contributed by atoms with van der Waals surface area (Å²) in [5.41, 5.74) is 6.22. The van der Waals surface area contributed by atoms with Crippen LogP contribution < -0.4 is 5.32 Å². The maximum absolute atomic E-state index is 13.3. The number of aliphatic imine (C=N–C) groups is 1. The Balaban J connectivity index is 1.67. The van der Waals surface area contributed by atoms with E-state index in [1.807, 2.05) is 90.5 Å². The van der Waals surface area contributed by atoms with Crippen molar-refractivity contribution in [3.8, 4) is 16.9 Å². The normalized spacial score (nSPS) is 12.2. The fraction of sp³-hybridized carbons (Fsp3) is 0.100. The van der Waals surface area contributed by atoms with E-state index in [4.69, 9.17) is 14.8 Å². The van der Waals surface area contributed by atoms with Gasteiger partial charge in [-0.15, -0.1) is 0 Å². The molecule has 6 heteroatoms. The summed E-state index contributed by atoms with van der Waals surface area (Å²) in [6.07, 6.45) is 0. The van der Waals surface area contributed by atoms with Crippen LogP contribution in [0.15, 0.2) is 96.0 Å². The van der Waals surface area contributed by atoms with Crippen molar-refractivity contribution < 1.29 is 9.53 Å². The largest absolute Gasteiger partial charge is 0.461 e. The Kier molecular flexibility index (Phi) is 5.34. The minimum Gasteiger partial charge on any atom is -0.461 e. The van der Waals surface area contributed by atoms with E-state index in [1.165, 1.54) is 0 Å². The Morgan fingerprint density at radius 2 is 1.72 bits per heavy atom. The number of amidine groups is 1. The molecule has 0 aliphatic carbocycles. The number of carbonyl (C=O) groups excluding carboxylic acids is 1. The van der Waals surface area contributed by atoms with Gasteiger partial charge in [-0.2, -0.15) is 5.10 Å². The van der Waals surface area contributed by atoms with Crippen molar-refractivity contribution in [2.45, 2.75) is 13.8 Å². The molecule has 0 unspecified atom stereocenters. The van der Waals surface area contributed by atoms with Gasteiger partial charge in [0.1, 0.15) is 5.84 Å². The van der Waals surface area contributed by atoms with Gasteiger partial charge < -0.3 is 10.1 Å². The van der Waals surface area contributed by atoms with Gasteiger partial charge in [0.25, 0.3) is 0 Å². The molecule has 176 valence electrons. The molecule has 5 aromatic rings. The molecule has 6 rings (SSSR count). The Morgan fingerprint density at radius 3 is 2.50 bits per heavy atom. The standard InChI is InChI=1S/C30H24N4O2/c1-3-36-30(35)27-26(29-31-23-16-8-13-20-14-9-17-24(32-29)25(20)23)28(21-11-5-4-6-12-21)34(33-27)22-15-7-10-19(2)18-22/h4-18H,3H2,1-2H3,(H,31,32). The van der Waals surface area contributed by atoms with Crippen molar-refractivity contribution in [1.82, 2.24) is 9.78 Å². The Morgan fingerprint density at radius 1 is 0.944 bits per heavy atom. The third kappa shape index (κ3) is 3.64. The fourth-order valence-electron chi connectivity index (χ4n) is 4.71. The Bertz CT molecular complexity index is 1650. The number of benzene rings is 4. The number of aryl methyl sites for hydroxylation is 1. The van der Waals surface area contributed by atoms with Crippen molar-refractivity contribution >= 4 is 34.0 Å². The minimum absolute atomic E-state index is 0.218. The number of ether oxygens (including phenoxy) is 1. The lowest BCUT2D eigenvalue weighted by Crippen LogP contribution is -2.20. The number of aromatic nitrogens is 2. The van der Waals surface area contributed by atoms with E-state index in [2.05, 4.69) is 17.4 Å². The monoisotopic (exact) mass is 472 g/mol. The first kappa shape index (κ1) is 21.8. The van der Waals surface area contributed by atoms with E-state index in [9.17, 15) is 4.79 Å². The predicted octanol–water partition coefficient (Wildman–Crippen LogP) is 6.68. The molecule has 1 aromatic heterocycles. The van der Waals surface area contributed by atoms with E-state index in [0.29, 0.717) is 11.4 Å². The molecule has 0 spiro atoms. The van der Waals surface area contributed by atoms with Crippen molar-refractivity contribution in [3.05, 3.63) is 108 Å². The van der Waals surface area contributed by atoms with Gasteiger partial charge in [-0.3, -0.25) is 0 Å². The number of hydrogen-bond acceptors (Lipinski definition) is 5. The number of rotatable bonds is 5. The van der Waals surface area contributed by atoms with E-state index >= 15 is 0 Å². The van der Waals surface area contributed by atoms with Gasteiger partial charge in [-0.1, -0.05) is 66.7 Å². The SMILES string of the molecule is CCOC(=O)c1nn(-c2cccc(C)c2)c(-c2ccccc2)c1C1=Nc2cccc3cccc(c23)N1. The summed E-state index contributed by atoms with van der Waals surface area (Å²) in [7, 11) is 0. The summed E-state index contributed by atoms with van der Waals surface area (Å²) in [5, 5.41) is 10.5. The summed E-state index contributed by atoms with van der Waals surface area (Å²) in [6.45, 7) is 4.07. The Hall–Kier alpha value is -4.71. The lowest BCUT2D eigenvalue weighted by Gasteiger charge is -2.20. The van der Waals surface area contributed by atoms with Crippen LogP contribution in [0.2, 0.25) is 0 Å². The summed E-state index contributed by atoms with van der Waals surface area (Å²) >= 11 is 0. The van der Waals surface area contributed by atoms with E-state index in [1.54, 1.807) is 6.92 Å². The molecule has 6 nitrogen and oxygen atoms in total. The van der Waals surface area contributed by atoms with E-state index in [-0.39, 0.29) is 12.3 Å². The molecule has 0 atom stereocenters. The molecular weight excluding hydrogens is 448 g/mol. The second-order valence-electron chi connectivity index (χ2n) is 8.68. The summed E-state index contributed by atoms with van der Waals surface area (Å²) < 4.78 is 7.27. The van der Waals surface area contributed by atoms with Gasteiger partial charge in [-0.25, -0.2) is 14.5 Å². The van der Waals surface area contributed by atoms with Gasteiger partial charge in [0.15, 0.2) is 5.69 Å². The first-order chi connectivity index (χ1) is 17.6. The molecule has 1 aliphatic heterocycles. The zero-order chi connectivity index (χ0) is 24.6. The first-order valence-electron chi connectivity index (χ1n) is 11.9. The van der Waals surface area contributed by atoms with Crippen LogP contribution in [0.4, 0.5) is 11.4 Å². The number of hydrogen-bond donors (Lipinski definition) is 1. The highest BCUT2D eigenvalue weighted by Crippen LogP contribution is 2.39. The van der Waals surface area contributed by atoms with Crippen LogP contribution in [0, 0.1) is 6.92 Å². The number of nitrogens with one attached hydrogen (secondary N) is 1. The average molecular weight is 473 g/mol. The number of esters is 1. The van der Waals surface area contributed by atoms with E-state index < -0.39 is 5.97 Å². The van der Waals surface area contributed by atoms with Crippen LogP contribution in [0.5, 0.6) is 0 Å². The van der Waals surface area contributed by atoms with Gasteiger partial charge in [0.2, 0.25) is 0 Å². The minimum atomic E-state index is -0.488. The highest BCUT2D eigenvalue weighted by molar-refractivity contribution is 6.23.